The zero-order valence-corrected chi connectivity index (χ0v) is 7.71. The van der Waals surface area contributed by atoms with E-state index in [0.29, 0.717) is 0 Å². The van der Waals surface area contributed by atoms with E-state index in [0.717, 1.165) is 17.8 Å². The lowest BCUT2D eigenvalue weighted by atomic mass is 9.74. The lowest BCUT2D eigenvalue weighted by Gasteiger charge is -2.46. The van der Waals surface area contributed by atoms with Gasteiger partial charge in [-0.2, -0.15) is 0 Å². The Morgan fingerprint density at radius 2 is 1.75 bits per heavy atom. The van der Waals surface area contributed by atoms with E-state index in [4.69, 9.17) is 0 Å². The van der Waals surface area contributed by atoms with Gasteiger partial charge in [-0.1, -0.05) is 21.3 Å². The monoisotopic (exact) mass is 169 g/mol. The van der Waals surface area contributed by atoms with Crippen molar-refractivity contribution in [3.63, 3.8) is 0 Å². The molecule has 3 saturated heterocycles. The molecule has 0 radical (unpaired) electrons. The van der Waals surface area contributed by atoms with Crippen molar-refractivity contribution in [3.05, 3.63) is 0 Å². The molecule has 0 N–H and O–H groups in total. The summed E-state index contributed by atoms with van der Waals surface area (Å²) in [6.45, 7) is 8.92. The predicted octanol–water partition coefficient (Wildman–Crippen LogP) is 2.62. The lowest BCUT2D eigenvalue weighted by Crippen LogP contribution is -2.48. The molecule has 0 amide bonds. The first-order valence-corrected chi connectivity index (χ1v) is 4.99. The van der Waals surface area contributed by atoms with Crippen LogP contribution in [0, 0.1) is 17.8 Å². The topological polar surface area (TPSA) is 3.24 Å². The molecule has 1 atom stereocenters. The molecule has 3 rings (SSSR count). The molecule has 1 unspecified atom stereocenters. The van der Waals surface area contributed by atoms with Gasteiger partial charge in [0.25, 0.3) is 0 Å². The van der Waals surface area contributed by atoms with E-state index in [2.05, 4.69) is 18.7 Å². The van der Waals surface area contributed by atoms with Gasteiger partial charge < -0.3 is 4.90 Å². The molecule has 0 aliphatic carbocycles. The van der Waals surface area contributed by atoms with Crippen LogP contribution in [0.2, 0.25) is 0 Å². The van der Waals surface area contributed by atoms with Crippen molar-refractivity contribution in [1.29, 1.82) is 0 Å². The van der Waals surface area contributed by atoms with Crippen molar-refractivity contribution in [3.8, 4) is 0 Å². The maximum Gasteiger partial charge on any atom is 0.00148 e. The number of fused-ring (bicyclic) bond motifs is 3. The summed E-state index contributed by atoms with van der Waals surface area (Å²) < 4.78 is 0. The molecule has 0 aromatic rings. The highest BCUT2D eigenvalue weighted by atomic mass is 15.1. The highest BCUT2D eigenvalue weighted by Gasteiger charge is 2.35. The minimum absolute atomic E-state index is 0. The third-order valence-corrected chi connectivity index (χ3v) is 3.56. The highest BCUT2D eigenvalue weighted by Crippen LogP contribution is 2.36. The maximum atomic E-state index is 2.64. The summed E-state index contributed by atoms with van der Waals surface area (Å²) in [6.07, 6.45) is 2.95. The molecule has 72 valence electrons. The van der Waals surface area contributed by atoms with Crippen LogP contribution >= 0.6 is 0 Å². The Morgan fingerprint density at radius 3 is 2.00 bits per heavy atom. The van der Waals surface area contributed by atoms with Crippen LogP contribution in [0.15, 0.2) is 0 Å². The summed E-state index contributed by atoms with van der Waals surface area (Å²) >= 11 is 0. The van der Waals surface area contributed by atoms with Gasteiger partial charge in [0, 0.05) is 6.54 Å². The van der Waals surface area contributed by atoms with E-state index in [1.165, 1.54) is 32.5 Å². The van der Waals surface area contributed by atoms with E-state index < -0.39 is 0 Å². The van der Waals surface area contributed by atoms with Crippen molar-refractivity contribution >= 4 is 0 Å². The van der Waals surface area contributed by atoms with Crippen LogP contribution in [0.5, 0.6) is 0 Å². The van der Waals surface area contributed by atoms with Crippen molar-refractivity contribution in [1.82, 2.24) is 4.90 Å². The third-order valence-electron chi connectivity index (χ3n) is 3.56. The van der Waals surface area contributed by atoms with Crippen LogP contribution in [0.25, 0.3) is 0 Å². The van der Waals surface area contributed by atoms with Crippen LogP contribution in [0.1, 0.15) is 34.1 Å². The van der Waals surface area contributed by atoms with Crippen LogP contribution < -0.4 is 0 Å². The molecule has 0 aromatic heterocycles. The van der Waals surface area contributed by atoms with Crippen molar-refractivity contribution in [2.45, 2.75) is 34.1 Å². The molecule has 3 heterocycles. The quantitative estimate of drug-likeness (QED) is 0.583. The van der Waals surface area contributed by atoms with E-state index in [1.54, 1.807) is 0 Å². The minimum atomic E-state index is 0. The zero-order valence-electron chi connectivity index (χ0n) is 7.71. The summed E-state index contributed by atoms with van der Waals surface area (Å²) in [5.74, 6) is 2.99. The second-order valence-corrected chi connectivity index (χ2v) is 4.55. The van der Waals surface area contributed by atoms with Crippen molar-refractivity contribution in [2.75, 3.05) is 19.6 Å². The highest BCUT2D eigenvalue weighted by molar-refractivity contribution is 4.87. The molecule has 3 fully saturated rings. The Hall–Kier alpha value is -0.0400. The molecule has 3 aliphatic heterocycles. The summed E-state index contributed by atoms with van der Waals surface area (Å²) in [7, 11) is 0. The van der Waals surface area contributed by atoms with Gasteiger partial charge in [-0.15, -0.1) is 0 Å². The Labute approximate surface area is 77.1 Å². The fourth-order valence-corrected chi connectivity index (χ4v) is 2.77. The zero-order chi connectivity index (χ0) is 7.84. The van der Waals surface area contributed by atoms with Gasteiger partial charge in [0.1, 0.15) is 0 Å². The van der Waals surface area contributed by atoms with Gasteiger partial charge in [0.05, 0.1) is 0 Å². The number of piperidine rings is 3. The molecule has 12 heavy (non-hydrogen) atoms. The Balaban J connectivity index is 0.000000720. The lowest BCUT2D eigenvalue weighted by molar-refractivity contribution is 0.0277. The second kappa shape index (κ2) is 3.78. The average Bonchev–Trinajstić information content (AvgIpc) is 2.06. The molecular formula is C11H23N. The summed E-state index contributed by atoms with van der Waals surface area (Å²) in [5.41, 5.74) is 0. The molecular weight excluding hydrogens is 146 g/mol. The fourth-order valence-electron chi connectivity index (χ4n) is 2.77. The Morgan fingerprint density at radius 1 is 1.17 bits per heavy atom. The Kier molecular flexibility index (Phi) is 3.16. The normalized spacial score (nSPS) is 39.8. The van der Waals surface area contributed by atoms with E-state index >= 15 is 0 Å². The SMILES string of the molecule is C.CC(C)C1CN2CCC1CC2. The first kappa shape index (κ1) is 10.0. The number of nitrogens with zero attached hydrogens (tertiary/aromatic N) is 1. The van der Waals surface area contributed by atoms with Crippen molar-refractivity contribution < 1.29 is 0 Å². The number of hydrogen-bond acceptors (Lipinski definition) is 1. The van der Waals surface area contributed by atoms with E-state index in [-0.39, 0.29) is 7.43 Å². The molecule has 3 aliphatic rings. The molecule has 1 nitrogen and oxygen atoms in total. The first-order valence-electron chi connectivity index (χ1n) is 4.99. The van der Waals surface area contributed by atoms with Gasteiger partial charge in [-0.25, -0.2) is 0 Å². The second-order valence-electron chi connectivity index (χ2n) is 4.55. The largest absolute Gasteiger partial charge is 0.303 e. The standard InChI is InChI=1S/C10H19N.CH4/c1-8(2)10-7-11-5-3-9(10)4-6-11;/h8-10H,3-7H2,1-2H3;1H4. The van der Waals surface area contributed by atoms with Gasteiger partial charge >= 0.3 is 0 Å². The molecule has 0 saturated carbocycles. The van der Waals surface area contributed by atoms with E-state index in [9.17, 15) is 0 Å². The van der Waals surface area contributed by atoms with Gasteiger partial charge in [0.15, 0.2) is 0 Å². The van der Waals surface area contributed by atoms with Gasteiger partial charge in [-0.05, 0) is 43.7 Å². The summed E-state index contributed by atoms with van der Waals surface area (Å²) in [4.78, 5) is 2.64. The van der Waals surface area contributed by atoms with Gasteiger partial charge in [0.2, 0.25) is 0 Å². The third kappa shape index (κ3) is 1.66. The predicted molar refractivity (Wildman–Crippen MR) is 54.2 cm³/mol. The minimum Gasteiger partial charge on any atom is -0.303 e. The number of hydrogen-bond donors (Lipinski definition) is 0. The molecule has 0 spiro atoms. The van der Waals surface area contributed by atoms with Crippen LogP contribution in [0.4, 0.5) is 0 Å². The number of rotatable bonds is 1. The van der Waals surface area contributed by atoms with Gasteiger partial charge in [-0.3, -0.25) is 0 Å². The summed E-state index contributed by atoms with van der Waals surface area (Å²) in [5, 5.41) is 0. The smallest absolute Gasteiger partial charge is 0.00148 e. The molecule has 1 heteroatoms. The van der Waals surface area contributed by atoms with Crippen LogP contribution in [-0.4, -0.2) is 24.5 Å². The van der Waals surface area contributed by atoms with Crippen LogP contribution in [0.3, 0.4) is 0 Å². The fraction of sp³-hybridized carbons (Fsp3) is 1.00. The first-order chi connectivity index (χ1) is 5.27. The molecule has 2 bridgehead atoms. The van der Waals surface area contributed by atoms with Crippen molar-refractivity contribution in [2.24, 2.45) is 17.8 Å². The van der Waals surface area contributed by atoms with E-state index in [1.807, 2.05) is 0 Å². The van der Waals surface area contributed by atoms with Crippen LogP contribution in [-0.2, 0) is 0 Å². The Bertz CT molecular complexity index is 134. The molecule has 0 aromatic carbocycles. The maximum absolute atomic E-state index is 2.64. The summed E-state index contributed by atoms with van der Waals surface area (Å²) in [6, 6.07) is 0. The average molecular weight is 169 g/mol.